The highest BCUT2D eigenvalue weighted by atomic mass is 28.3. The summed E-state index contributed by atoms with van der Waals surface area (Å²) in [5.74, 6) is 0. The molecule has 0 nitrogen and oxygen atoms in total. The summed E-state index contributed by atoms with van der Waals surface area (Å²) in [5.41, 5.74) is 17.4. The Morgan fingerprint density at radius 2 is 0.538 bits per heavy atom. The third kappa shape index (κ3) is 9.67. The van der Waals surface area contributed by atoms with Crippen molar-refractivity contribution in [1.82, 2.24) is 0 Å². The highest BCUT2D eigenvalue weighted by molar-refractivity contribution is 6.82. The lowest BCUT2D eigenvalue weighted by molar-refractivity contribution is 0.978. The van der Waals surface area contributed by atoms with E-state index in [1.165, 1.54) is 12.8 Å². The van der Waals surface area contributed by atoms with E-state index in [9.17, 15) is 0 Å². The largest absolute Gasteiger partial charge is 0.0913 e. The lowest BCUT2D eigenvalue weighted by atomic mass is 9.85. The van der Waals surface area contributed by atoms with Crippen LogP contribution in [0, 0.1) is 0 Å². The molecule has 0 heterocycles. The van der Waals surface area contributed by atoms with Gasteiger partial charge in [0.1, 0.15) is 0 Å². The third-order valence-corrected chi connectivity index (χ3v) is 8.87. The summed E-state index contributed by atoms with van der Waals surface area (Å²) in [6.07, 6.45) is 2.34. The van der Waals surface area contributed by atoms with Gasteiger partial charge in [-0.1, -0.05) is 101 Å². The Kier molecular flexibility index (Phi) is 7.40. The topological polar surface area (TPSA) is 0 Å². The molecule has 1 aliphatic rings. The zero-order valence-electron chi connectivity index (χ0n) is 19.7. The van der Waals surface area contributed by atoms with Gasteiger partial charge in [-0.3, -0.25) is 0 Å². The standard InChI is InChI=1S/C22H44Si4/c1-23(2,3)15-19-13-21(17-25(7,8)9)22(18-26(10,11)12)14-20(19)16-24(4,5)6/h15-18H,13-14H2,1-12H3/b19-15+,20-16+,21-17+,22-18+. The number of allylic oxidation sites excluding steroid dienone is 4. The van der Waals surface area contributed by atoms with Gasteiger partial charge >= 0.3 is 0 Å². The SMILES string of the molecule is C[Si](C)(C)/C=C1\CC(=C\[Si](C)(C)C)/C(=C/[Si](C)(C)C)C\C1=C/[Si](C)(C)C. The molecule has 1 aliphatic carbocycles. The van der Waals surface area contributed by atoms with Crippen molar-refractivity contribution in [3.63, 3.8) is 0 Å². The summed E-state index contributed by atoms with van der Waals surface area (Å²) >= 11 is 0. The van der Waals surface area contributed by atoms with Crippen molar-refractivity contribution in [3.8, 4) is 0 Å². The zero-order valence-corrected chi connectivity index (χ0v) is 23.7. The van der Waals surface area contributed by atoms with Gasteiger partial charge in [-0.05, 0) is 35.1 Å². The van der Waals surface area contributed by atoms with Crippen molar-refractivity contribution in [2.45, 2.75) is 91.4 Å². The van der Waals surface area contributed by atoms with Crippen LogP contribution < -0.4 is 0 Å². The Morgan fingerprint density at radius 3 is 0.654 bits per heavy atom. The monoisotopic (exact) mass is 420 g/mol. The molecular formula is C22H44Si4. The predicted octanol–water partition coefficient (Wildman–Crippen LogP) is 8.00. The Bertz CT molecular complexity index is 520. The third-order valence-electron chi connectivity index (χ3n) is 4.02. The van der Waals surface area contributed by atoms with E-state index in [2.05, 4.69) is 101 Å². The summed E-state index contributed by atoms with van der Waals surface area (Å²) in [4.78, 5) is 0. The fraction of sp³-hybridized carbons (Fsp3) is 0.636. The molecule has 4 heteroatoms. The van der Waals surface area contributed by atoms with E-state index in [1.807, 2.05) is 0 Å². The van der Waals surface area contributed by atoms with Gasteiger partial charge in [0.05, 0.1) is 32.3 Å². The first-order chi connectivity index (χ1) is 11.3. The van der Waals surface area contributed by atoms with Gasteiger partial charge in [-0.2, -0.15) is 0 Å². The Balaban J connectivity index is 3.58. The predicted molar refractivity (Wildman–Crippen MR) is 135 cm³/mol. The maximum absolute atomic E-state index is 2.68. The van der Waals surface area contributed by atoms with Crippen molar-refractivity contribution in [2.75, 3.05) is 0 Å². The summed E-state index contributed by atoms with van der Waals surface area (Å²) in [5, 5.41) is 0. The maximum atomic E-state index is 2.68. The van der Waals surface area contributed by atoms with Crippen LogP contribution in [-0.4, -0.2) is 32.3 Å². The minimum atomic E-state index is -1.23. The van der Waals surface area contributed by atoms with Crippen LogP contribution in [0.15, 0.2) is 45.1 Å². The summed E-state index contributed by atoms with van der Waals surface area (Å²) < 4.78 is 0. The fourth-order valence-electron chi connectivity index (χ4n) is 3.53. The van der Waals surface area contributed by atoms with E-state index in [4.69, 9.17) is 0 Å². The first kappa shape index (κ1) is 23.9. The molecule has 0 unspecified atom stereocenters. The van der Waals surface area contributed by atoms with Crippen LogP contribution in [0.5, 0.6) is 0 Å². The van der Waals surface area contributed by atoms with Crippen LogP contribution in [0.1, 0.15) is 12.8 Å². The van der Waals surface area contributed by atoms with E-state index in [0.29, 0.717) is 0 Å². The van der Waals surface area contributed by atoms with E-state index in [0.717, 1.165) is 0 Å². The number of rotatable bonds is 4. The molecule has 0 radical (unpaired) electrons. The summed E-state index contributed by atoms with van der Waals surface area (Å²) in [7, 11) is -4.93. The minimum absolute atomic E-state index is 1.17. The van der Waals surface area contributed by atoms with Crippen LogP contribution >= 0.6 is 0 Å². The Morgan fingerprint density at radius 1 is 0.385 bits per heavy atom. The maximum Gasteiger partial charge on any atom is 0.0690 e. The van der Waals surface area contributed by atoms with E-state index >= 15 is 0 Å². The van der Waals surface area contributed by atoms with Crippen LogP contribution in [-0.2, 0) is 0 Å². The molecule has 0 saturated heterocycles. The second-order valence-electron chi connectivity index (χ2n) is 12.5. The quantitative estimate of drug-likeness (QED) is 0.404. The average Bonchev–Trinajstić information content (AvgIpc) is 2.26. The number of hydrogen-bond donors (Lipinski definition) is 0. The average molecular weight is 421 g/mol. The van der Waals surface area contributed by atoms with Gasteiger partial charge in [0.25, 0.3) is 0 Å². The second kappa shape index (κ2) is 8.06. The van der Waals surface area contributed by atoms with Gasteiger partial charge < -0.3 is 0 Å². The van der Waals surface area contributed by atoms with Gasteiger partial charge in [-0.25, -0.2) is 0 Å². The van der Waals surface area contributed by atoms with Crippen LogP contribution in [0.4, 0.5) is 0 Å². The molecule has 0 bridgehead atoms. The smallest absolute Gasteiger partial charge is 0.0690 e. The van der Waals surface area contributed by atoms with Crippen molar-refractivity contribution >= 4 is 32.3 Å². The molecule has 0 amide bonds. The fourth-order valence-corrected chi connectivity index (χ4v) is 8.86. The molecule has 148 valence electrons. The van der Waals surface area contributed by atoms with Crippen LogP contribution in [0.25, 0.3) is 0 Å². The van der Waals surface area contributed by atoms with Crippen LogP contribution in [0.3, 0.4) is 0 Å². The van der Waals surface area contributed by atoms with Gasteiger partial charge in [-0.15, -0.1) is 0 Å². The molecule has 0 atom stereocenters. The molecule has 0 aromatic carbocycles. The van der Waals surface area contributed by atoms with Gasteiger partial charge in [0.2, 0.25) is 0 Å². The molecule has 1 saturated carbocycles. The first-order valence-electron chi connectivity index (χ1n) is 10.2. The van der Waals surface area contributed by atoms with Crippen molar-refractivity contribution in [2.24, 2.45) is 0 Å². The van der Waals surface area contributed by atoms with E-state index in [1.54, 1.807) is 22.3 Å². The van der Waals surface area contributed by atoms with Crippen molar-refractivity contribution < 1.29 is 0 Å². The van der Waals surface area contributed by atoms with Crippen molar-refractivity contribution in [3.05, 3.63) is 45.1 Å². The van der Waals surface area contributed by atoms with Gasteiger partial charge in [0, 0.05) is 0 Å². The highest BCUT2D eigenvalue weighted by Crippen LogP contribution is 2.40. The molecule has 0 spiro atoms. The zero-order chi connectivity index (χ0) is 20.6. The minimum Gasteiger partial charge on any atom is -0.0913 e. The van der Waals surface area contributed by atoms with Crippen LogP contribution in [0.2, 0.25) is 78.6 Å². The van der Waals surface area contributed by atoms with E-state index in [-0.39, 0.29) is 0 Å². The summed E-state index contributed by atoms with van der Waals surface area (Å²) in [6, 6.07) is 0. The molecule has 1 rings (SSSR count). The van der Waals surface area contributed by atoms with Crippen molar-refractivity contribution in [1.29, 1.82) is 0 Å². The highest BCUT2D eigenvalue weighted by Gasteiger charge is 2.27. The van der Waals surface area contributed by atoms with Gasteiger partial charge in [0.15, 0.2) is 0 Å². The molecule has 1 fully saturated rings. The summed E-state index contributed by atoms with van der Waals surface area (Å²) in [6.45, 7) is 29.7. The molecule has 0 N–H and O–H groups in total. The molecule has 0 aromatic heterocycles. The number of hydrogen-bond acceptors (Lipinski definition) is 0. The normalized spacial score (nSPS) is 24.2. The molecule has 0 aromatic rings. The molecule has 0 aliphatic heterocycles. The second-order valence-corrected chi connectivity index (χ2v) is 32.6. The first-order valence-corrected chi connectivity index (χ1v) is 24.5. The lowest BCUT2D eigenvalue weighted by Crippen LogP contribution is -2.25. The van der Waals surface area contributed by atoms with E-state index < -0.39 is 32.3 Å². The molecule has 26 heavy (non-hydrogen) atoms. The molecular weight excluding hydrogens is 377 g/mol. The lowest BCUT2D eigenvalue weighted by Gasteiger charge is -2.31. The Hall–Kier alpha value is -0.172. The Labute approximate surface area is 168 Å².